The summed E-state index contributed by atoms with van der Waals surface area (Å²) in [5.41, 5.74) is 7.89. The summed E-state index contributed by atoms with van der Waals surface area (Å²) in [6, 6.07) is 32.2. The Morgan fingerprint density at radius 3 is 1.98 bits per heavy atom. The predicted molar refractivity (Wildman–Crippen MR) is 159 cm³/mol. The number of hydrogen-bond donors (Lipinski definition) is 0. The second-order valence-corrected chi connectivity index (χ2v) is 11.6. The minimum absolute atomic E-state index is 0.567. The molecule has 8 heteroatoms. The van der Waals surface area contributed by atoms with Gasteiger partial charge < -0.3 is 18.5 Å². The fourth-order valence-electron chi connectivity index (χ4n) is 5.35. The van der Waals surface area contributed by atoms with Gasteiger partial charge in [0.2, 0.25) is 11.8 Å². The number of nitrogens with zero attached hydrogens (tertiary/aromatic N) is 3. The number of hydrogen-bond acceptors (Lipinski definition) is 7. The summed E-state index contributed by atoms with van der Waals surface area (Å²) in [6.07, 6.45) is 0. The Bertz CT molecular complexity index is 1950. The molecule has 0 N–H and O–H groups in total. The average molecular weight is 602 g/mol. The Hall–Kier alpha value is -4.53. The standard InChI is InChI=1S/C32H16BrN3O3S/c33-19-15-27-30-29(16-19)40-28-12-10-18(32-35-21-6-2-4-8-25(21)39-32)14-23(28)36(30)22-13-17(9-11-26(22)37-27)31-34-20-5-1-3-7-24(20)38-31/h1-16H. The number of aromatic nitrogens is 2. The maximum absolute atomic E-state index is 6.46. The second-order valence-electron chi connectivity index (χ2n) is 9.63. The van der Waals surface area contributed by atoms with Crippen molar-refractivity contribution >= 4 is 67.0 Å². The molecule has 40 heavy (non-hydrogen) atoms. The van der Waals surface area contributed by atoms with Crippen LogP contribution in [-0.4, -0.2) is 9.97 Å². The van der Waals surface area contributed by atoms with Crippen LogP contribution in [0.2, 0.25) is 0 Å². The molecule has 0 radical (unpaired) electrons. The van der Waals surface area contributed by atoms with Gasteiger partial charge in [0.05, 0.1) is 11.4 Å². The van der Waals surface area contributed by atoms with Crippen LogP contribution in [0, 0.1) is 0 Å². The van der Waals surface area contributed by atoms with Crippen molar-refractivity contribution in [2.24, 2.45) is 0 Å². The number of para-hydroxylation sites is 4. The Morgan fingerprint density at radius 2 is 1.27 bits per heavy atom. The second kappa shape index (κ2) is 8.24. The molecule has 0 atom stereocenters. The number of oxazole rings is 2. The molecule has 190 valence electrons. The monoisotopic (exact) mass is 601 g/mol. The van der Waals surface area contributed by atoms with E-state index in [1.807, 2.05) is 66.7 Å². The number of benzene rings is 5. The molecule has 0 aliphatic carbocycles. The van der Waals surface area contributed by atoms with Crippen molar-refractivity contribution in [3.8, 4) is 34.4 Å². The molecule has 0 unspecified atom stereocenters. The van der Waals surface area contributed by atoms with Crippen LogP contribution in [0.5, 0.6) is 11.5 Å². The first-order valence-electron chi connectivity index (χ1n) is 12.7. The Balaban J connectivity index is 1.25. The minimum Gasteiger partial charge on any atom is -0.453 e. The van der Waals surface area contributed by atoms with E-state index < -0.39 is 0 Å². The highest BCUT2D eigenvalue weighted by Gasteiger charge is 2.35. The van der Waals surface area contributed by atoms with E-state index in [1.54, 1.807) is 11.8 Å². The highest BCUT2D eigenvalue weighted by Crippen LogP contribution is 2.61. The third-order valence-corrected chi connectivity index (χ3v) is 8.70. The van der Waals surface area contributed by atoms with Crippen LogP contribution >= 0.6 is 27.7 Å². The summed E-state index contributed by atoms with van der Waals surface area (Å²) in [7, 11) is 0. The van der Waals surface area contributed by atoms with E-state index in [0.717, 1.165) is 76.2 Å². The molecule has 0 bridgehead atoms. The zero-order valence-electron chi connectivity index (χ0n) is 20.6. The maximum atomic E-state index is 6.46. The lowest BCUT2D eigenvalue weighted by Gasteiger charge is -2.38. The molecule has 2 aromatic heterocycles. The zero-order chi connectivity index (χ0) is 26.4. The molecule has 0 fully saturated rings. The molecule has 0 amide bonds. The normalized spacial score (nSPS) is 13.2. The van der Waals surface area contributed by atoms with Crippen molar-refractivity contribution in [1.82, 2.24) is 9.97 Å². The molecular formula is C32H16BrN3O3S. The van der Waals surface area contributed by atoms with E-state index in [0.29, 0.717) is 11.8 Å². The first-order chi connectivity index (χ1) is 19.7. The van der Waals surface area contributed by atoms with Crippen LogP contribution in [0.15, 0.2) is 120 Å². The molecule has 2 aliphatic rings. The fraction of sp³-hybridized carbons (Fsp3) is 0. The highest BCUT2D eigenvalue weighted by molar-refractivity contribution is 9.10. The van der Waals surface area contributed by atoms with Crippen molar-refractivity contribution < 1.29 is 13.6 Å². The molecule has 9 rings (SSSR count). The van der Waals surface area contributed by atoms with Crippen molar-refractivity contribution in [1.29, 1.82) is 0 Å². The SMILES string of the molecule is Brc1cc2c3c(c1)Sc1ccc(-c4nc5ccccc5o4)cc1N3c1cc(-c3nc4ccccc4o3)ccc1O2. The molecule has 5 aromatic carbocycles. The smallest absolute Gasteiger partial charge is 0.227 e. The quantitative estimate of drug-likeness (QED) is 0.195. The van der Waals surface area contributed by atoms with Crippen LogP contribution < -0.4 is 9.64 Å². The molecular weight excluding hydrogens is 586 g/mol. The van der Waals surface area contributed by atoms with Crippen LogP contribution in [0.4, 0.5) is 17.1 Å². The average Bonchev–Trinajstić information content (AvgIpc) is 3.61. The van der Waals surface area contributed by atoms with Gasteiger partial charge in [-0.1, -0.05) is 52.0 Å². The lowest BCUT2D eigenvalue weighted by Crippen LogP contribution is -2.20. The lowest BCUT2D eigenvalue weighted by molar-refractivity contribution is 0.474. The van der Waals surface area contributed by atoms with E-state index >= 15 is 0 Å². The lowest BCUT2D eigenvalue weighted by atomic mass is 10.1. The minimum atomic E-state index is 0.567. The molecule has 4 heterocycles. The van der Waals surface area contributed by atoms with Gasteiger partial charge in [0.15, 0.2) is 22.7 Å². The van der Waals surface area contributed by atoms with Crippen molar-refractivity contribution in [3.63, 3.8) is 0 Å². The number of ether oxygens (including phenoxy) is 1. The van der Waals surface area contributed by atoms with Gasteiger partial charge in [-0.2, -0.15) is 0 Å². The summed E-state index contributed by atoms with van der Waals surface area (Å²) in [6.45, 7) is 0. The molecule has 0 saturated carbocycles. The van der Waals surface area contributed by atoms with E-state index in [1.165, 1.54) is 0 Å². The number of rotatable bonds is 2. The van der Waals surface area contributed by atoms with Crippen LogP contribution in [0.3, 0.4) is 0 Å². The Kier molecular flexibility index (Phi) is 4.59. The molecule has 7 aromatic rings. The Labute approximate surface area is 240 Å². The summed E-state index contributed by atoms with van der Waals surface area (Å²) in [5.74, 6) is 2.70. The van der Waals surface area contributed by atoms with E-state index in [2.05, 4.69) is 51.2 Å². The molecule has 6 nitrogen and oxygen atoms in total. The molecule has 0 spiro atoms. The van der Waals surface area contributed by atoms with Crippen molar-refractivity contribution in [2.75, 3.05) is 4.90 Å². The third kappa shape index (κ3) is 3.30. The first-order valence-corrected chi connectivity index (χ1v) is 14.3. The van der Waals surface area contributed by atoms with Crippen molar-refractivity contribution in [3.05, 3.63) is 102 Å². The first kappa shape index (κ1) is 22.3. The van der Waals surface area contributed by atoms with Gasteiger partial charge >= 0.3 is 0 Å². The number of fused-ring (bicyclic) bond motifs is 6. The summed E-state index contributed by atoms with van der Waals surface area (Å²) >= 11 is 5.39. The summed E-state index contributed by atoms with van der Waals surface area (Å²) in [4.78, 5) is 14.0. The van der Waals surface area contributed by atoms with Crippen LogP contribution in [0.25, 0.3) is 45.1 Å². The van der Waals surface area contributed by atoms with Gasteiger partial charge in [0.1, 0.15) is 16.7 Å². The van der Waals surface area contributed by atoms with Crippen molar-refractivity contribution in [2.45, 2.75) is 9.79 Å². The molecule has 0 saturated heterocycles. The van der Waals surface area contributed by atoms with Crippen LogP contribution in [0.1, 0.15) is 0 Å². The van der Waals surface area contributed by atoms with Gasteiger partial charge in [-0.3, -0.25) is 0 Å². The van der Waals surface area contributed by atoms with Gasteiger partial charge in [-0.25, -0.2) is 9.97 Å². The topological polar surface area (TPSA) is 64.5 Å². The van der Waals surface area contributed by atoms with E-state index in [-0.39, 0.29) is 0 Å². The molecule has 2 aliphatic heterocycles. The van der Waals surface area contributed by atoms with Gasteiger partial charge in [-0.15, -0.1) is 0 Å². The zero-order valence-corrected chi connectivity index (χ0v) is 23.0. The summed E-state index contributed by atoms with van der Waals surface area (Å²) < 4.78 is 19.7. The highest BCUT2D eigenvalue weighted by atomic mass is 79.9. The van der Waals surface area contributed by atoms with Gasteiger partial charge in [0.25, 0.3) is 0 Å². The fourth-order valence-corrected chi connectivity index (χ4v) is 7.04. The van der Waals surface area contributed by atoms with E-state index in [4.69, 9.17) is 23.5 Å². The largest absolute Gasteiger partial charge is 0.453 e. The summed E-state index contributed by atoms with van der Waals surface area (Å²) in [5, 5.41) is 0. The van der Waals surface area contributed by atoms with Gasteiger partial charge in [0, 0.05) is 25.4 Å². The van der Waals surface area contributed by atoms with Gasteiger partial charge in [-0.05, 0) is 72.8 Å². The van der Waals surface area contributed by atoms with E-state index in [9.17, 15) is 0 Å². The van der Waals surface area contributed by atoms with Crippen LogP contribution in [-0.2, 0) is 0 Å². The maximum Gasteiger partial charge on any atom is 0.227 e. The predicted octanol–water partition coefficient (Wildman–Crippen LogP) is 10.1. The number of anilines is 3. The Morgan fingerprint density at radius 1 is 0.625 bits per heavy atom. The third-order valence-electron chi connectivity index (χ3n) is 7.15. The number of halogens is 1.